The number of phosphoric acid groups is 1. The summed E-state index contributed by atoms with van der Waals surface area (Å²) in [7, 11) is -4.27. The first-order valence-electron chi connectivity index (χ1n) is 9.24. The molecule has 1 aromatic heterocycles. The van der Waals surface area contributed by atoms with Crippen molar-refractivity contribution < 1.29 is 37.5 Å². The van der Waals surface area contributed by atoms with Crippen LogP contribution in [0.5, 0.6) is 5.75 Å². The zero-order chi connectivity index (χ0) is 22.6. The van der Waals surface area contributed by atoms with Crippen molar-refractivity contribution in [1.82, 2.24) is 9.55 Å². The number of phosphoric ester groups is 1. The Kier molecular flexibility index (Phi) is 5.41. The van der Waals surface area contributed by atoms with E-state index in [-0.39, 0.29) is 6.61 Å². The number of halogens is 1. The van der Waals surface area contributed by atoms with Crippen LogP contribution in [0.4, 0.5) is 4.39 Å². The van der Waals surface area contributed by atoms with Crippen molar-refractivity contribution in [1.29, 1.82) is 0 Å². The summed E-state index contributed by atoms with van der Waals surface area (Å²) in [5.74, 6) is -2.76. The molecule has 168 valence electrons. The molecule has 3 N–H and O–H groups in total. The number of aromatic amines is 1. The lowest BCUT2D eigenvalue weighted by Gasteiger charge is -2.29. The largest absolute Gasteiger partial charge is 0.530 e. The summed E-state index contributed by atoms with van der Waals surface area (Å²) in [5, 5.41) is 20.3. The quantitative estimate of drug-likeness (QED) is 0.566. The molecular formula is C18H20FN2O9P. The summed E-state index contributed by atoms with van der Waals surface area (Å²) >= 11 is 0. The second kappa shape index (κ2) is 7.66. The topological polar surface area (TPSA) is 149 Å². The van der Waals surface area contributed by atoms with Gasteiger partial charge in [-0.2, -0.15) is 0 Å². The summed E-state index contributed by atoms with van der Waals surface area (Å²) in [6.45, 7) is 2.39. The van der Waals surface area contributed by atoms with Crippen molar-refractivity contribution in [3.05, 3.63) is 61.9 Å². The Hall–Kier alpha value is -2.34. The zero-order valence-electron chi connectivity index (χ0n) is 16.5. The number of nitrogens with one attached hydrogen (secondary N) is 1. The van der Waals surface area contributed by atoms with Crippen LogP contribution in [0, 0.1) is 13.8 Å². The summed E-state index contributed by atoms with van der Waals surface area (Å²) in [6.07, 6.45) is -4.75. The molecule has 0 spiro atoms. The lowest BCUT2D eigenvalue weighted by atomic mass is 10.1. The smallest absolute Gasteiger partial charge is 0.403 e. The number of hydrogen-bond donors (Lipinski definition) is 3. The Bertz CT molecular complexity index is 1180. The lowest BCUT2D eigenvalue weighted by molar-refractivity contribution is -0.205. The Morgan fingerprint density at radius 1 is 1.35 bits per heavy atom. The molecule has 0 radical (unpaired) electrons. The number of H-pyrrole nitrogens is 1. The third-order valence-electron chi connectivity index (χ3n) is 5.00. The van der Waals surface area contributed by atoms with Crippen LogP contribution >= 0.6 is 7.82 Å². The number of aliphatic hydroxyl groups excluding tert-OH is 2. The molecule has 31 heavy (non-hydrogen) atoms. The highest BCUT2D eigenvalue weighted by Gasteiger charge is 2.57. The molecule has 2 aliphatic heterocycles. The van der Waals surface area contributed by atoms with Gasteiger partial charge in [0.25, 0.3) is 11.4 Å². The Balaban J connectivity index is 1.52. The van der Waals surface area contributed by atoms with Crippen molar-refractivity contribution in [2.24, 2.45) is 0 Å². The van der Waals surface area contributed by atoms with Gasteiger partial charge in [0, 0.05) is 17.8 Å². The molecule has 2 aromatic rings. The fraction of sp³-hybridized carbons (Fsp3) is 0.444. The van der Waals surface area contributed by atoms with E-state index in [1.54, 1.807) is 19.1 Å². The minimum Gasteiger partial charge on any atom is -0.403 e. The molecule has 1 aromatic carbocycles. The highest BCUT2D eigenvalue weighted by atomic mass is 31.2. The van der Waals surface area contributed by atoms with Crippen LogP contribution in [-0.4, -0.2) is 44.4 Å². The van der Waals surface area contributed by atoms with Gasteiger partial charge in [-0.25, -0.2) is 13.8 Å². The van der Waals surface area contributed by atoms with Gasteiger partial charge < -0.3 is 19.5 Å². The molecule has 1 saturated heterocycles. The normalized spacial score (nSPS) is 32.5. The predicted octanol–water partition coefficient (Wildman–Crippen LogP) is 0.804. The van der Waals surface area contributed by atoms with E-state index in [9.17, 15) is 24.4 Å². The summed E-state index contributed by atoms with van der Waals surface area (Å²) in [5.41, 5.74) is 0.584. The van der Waals surface area contributed by atoms with Crippen LogP contribution in [0.25, 0.3) is 0 Å². The fourth-order valence-electron chi connectivity index (χ4n) is 3.52. The van der Waals surface area contributed by atoms with Crippen LogP contribution in [0.3, 0.4) is 0 Å². The highest BCUT2D eigenvalue weighted by molar-refractivity contribution is 7.49. The fourth-order valence-corrected chi connectivity index (χ4v) is 4.81. The van der Waals surface area contributed by atoms with Gasteiger partial charge in [0.2, 0.25) is 0 Å². The molecule has 5 atom stereocenters. The van der Waals surface area contributed by atoms with Crippen LogP contribution in [0.1, 0.15) is 22.9 Å². The van der Waals surface area contributed by atoms with E-state index in [1.807, 2.05) is 11.9 Å². The molecule has 2 aliphatic rings. The van der Waals surface area contributed by atoms with Crippen molar-refractivity contribution in [2.75, 3.05) is 6.61 Å². The Labute approximate surface area is 174 Å². The third-order valence-corrected chi connectivity index (χ3v) is 6.29. The number of nitrogens with zero attached hydrogens (tertiary/aromatic N) is 1. The number of hydrogen-bond acceptors (Lipinski definition) is 9. The maximum absolute atomic E-state index is 15.3. The molecule has 13 heteroatoms. The van der Waals surface area contributed by atoms with E-state index in [1.165, 1.54) is 0 Å². The van der Waals surface area contributed by atoms with E-state index in [4.69, 9.17) is 18.3 Å². The summed E-state index contributed by atoms with van der Waals surface area (Å²) in [4.78, 5) is 25.0. The molecular weight excluding hydrogens is 438 g/mol. The van der Waals surface area contributed by atoms with E-state index >= 15 is 4.39 Å². The minimum absolute atomic E-state index is 0.101. The van der Waals surface area contributed by atoms with Crippen LogP contribution in [0.2, 0.25) is 0 Å². The minimum atomic E-state index is -4.27. The van der Waals surface area contributed by atoms with Crippen LogP contribution in [0.15, 0.2) is 34.0 Å². The van der Waals surface area contributed by atoms with E-state index in [0.717, 1.165) is 17.8 Å². The summed E-state index contributed by atoms with van der Waals surface area (Å²) < 4.78 is 49.4. The standard InChI is InChI=1S/C18H20FN2O9P/c1-9-5-10(2)14-11(6-9)7-27-31(26,30-14)28-8-18(19)15(24)13(23)16(29-18)21-4-3-12(22)20-17(21)25/h3-6,13,15-16,23-24H,7-8H2,1-2H3,(H,20,22,25)/t13-,15+,16-,18-,31?/m1/s1. The molecule has 1 unspecified atom stereocenters. The highest BCUT2D eigenvalue weighted by Crippen LogP contribution is 2.56. The molecule has 0 aliphatic carbocycles. The van der Waals surface area contributed by atoms with Crippen molar-refractivity contribution >= 4 is 7.82 Å². The SMILES string of the molecule is Cc1cc(C)c2c(c1)COP(=O)(OC[C@@]1(F)O[C@@H](n3ccc(=O)[nH]c3=O)[C@H](O)[C@@H]1O)O2. The average molecular weight is 458 g/mol. The number of aromatic nitrogens is 2. The Morgan fingerprint density at radius 3 is 2.81 bits per heavy atom. The monoisotopic (exact) mass is 458 g/mol. The molecule has 0 saturated carbocycles. The molecule has 0 amide bonds. The van der Waals surface area contributed by atoms with Gasteiger partial charge in [0.1, 0.15) is 24.6 Å². The number of alkyl halides is 1. The second-order valence-electron chi connectivity index (χ2n) is 7.40. The number of aliphatic hydroxyl groups is 2. The van der Waals surface area contributed by atoms with Gasteiger partial charge in [-0.1, -0.05) is 17.7 Å². The molecule has 0 bridgehead atoms. The van der Waals surface area contributed by atoms with Gasteiger partial charge >= 0.3 is 13.5 Å². The predicted molar refractivity (Wildman–Crippen MR) is 102 cm³/mol. The number of fused-ring (bicyclic) bond motifs is 1. The van der Waals surface area contributed by atoms with Gasteiger partial charge in [0.05, 0.1) is 6.61 Å². The average Bonchev–Trinajstić information content (AvgIpc) is 2.92. The summed E-state index contributed by atoms with van der Waals surface area (Å²) in [6, 6.07) is 4.55. The maximum Gasteiger partial charge on any atom is 0.530 e. The van der Waals surface area contributed by atoms with E-state index in [2.05, 4.69) is 0 Å². The molecule has 1 fully saturated rings. The Morgan fingerprint density at radius 2 is 2.10 bits per heavy atom. The first kappa shape index (κ1) is 21.9. The van der Waals surface area contributed by atoms with Crippen molar-refractivity contribution in [3.8, 4) is 5.75 Å². The first-order chi connectivity index (χ1) is 14.5. The zero-order valence-corrected chi connectivity index (χ0v) is 17.4. The number of rotatable bonds is 4. The first-order valence-corrected chi connectivity index (χ1v) is 10.7. The number of ether oxygens (including phenoxy) is 1. The maximum atomic E-state index is 15.3. The van der Waals surface area contributed by atoms with Crippen molar-refractivity contribution in [3.63, 3.8) is 0 Å². The van der Waals surface area contributed by atoms with Gasteiger partial charge in [0.15, 0.2) is 6.23 Å². The molecule has 3 heterocycles. The van der Waals surface area contributed by atoms with Crippen LogP contribution < -0.4 is 15.8 Å². The lowest BCUT2D eigenvalue weighted by Crippen LogP contribution is -2.43. The second-order valence-corrected chi connectivity index (χ2v) is 9.00. The molecule has 4 rings (SSSR count). The third kappa shape index (κ3) is 3.98. The van der Waals surface area contributed by atoms with Crippen LogP contribution in [-0.2, 0) is 25.0 Å². The van der Waals surface area contributed by atoms with Crippen molar-refractivity contribution in [2.45, 2.75) is 44.7 Å². The van der Waals surface area contributed by atoms with E-state index in [0.29, 0.717) is 21.4 Å². The number of benzene rings is 1. The molecule has 11 nitrogen and oxygen atoms in total. The van der Waals surface area contributed by atoms with Gasteiger partial charge in [-0.05, 0) is 19.4 Å². The van der Waals surface area contributed by atoms with Gasteiger partial charge in [-0.15, -0.1) is 0 Å². The van der Waals surface area contributed by atoms with Gasteiger partial charge in [-0.3, -0.25) is 23.4 Å². The van der Waals surface area contributed by atoms with E-state index < -0.39 is 50.0 Å². The number of aryl methyl sites for hydroxylation is 2.